The quantitative estimate of drug-likeness (QED) is 0.544. The first-order chi connectivity index (χ1) is 13.6. The van der Waals surface area contributed by atoms with E-state index in [1.165, 1.54) is 11.8 Å². The molecule has 3 aromatic rings. The van der Waals surface area contributed by atoms with E-state index in [1.807, 2.05) is 68.4 Å². The molecule has 1 heterocycles. The molecule has 0 fully saturated rings. The summed E-state index contributed by atoms with van der Waals surface area (Å²) >= 11 is 1.33. The van der Waals surface area contributed by atoms with Crippen LogP contribution in [0.3, 0.4) is 0 Å². The molecule has 1 amide bonds. The van der Waals surface area contributed by atoms with E-state index < -0.39 is 0 Å². The lowest BCUT2D eigenvalue weighted by Crippen LogP contribution is -2.33. The molecule has 1 unspecified atom stereocenters. The standard InChI is InChI=1S/C20H23N5O2S/c1-4-27-18-13-9-8-12-17(18)25-20(21-22-23-25)28-15(2)19(26)24(3)14-16-10-6-5-7-11-16/h5-13,15H,4,14H2,1-3H3. The Labute approximate surface area is 168 Å². The molecule has 1 atom stereocenters. The Morgan fingerprint density at radius 1 is 1.18 bits per heavy atom. The summed E-state index contributed by atoms with van der Waals surface area (Å²) in [7, 11) is 1.81. The number of amides is 1. The fourth-order valence-corrected chi connectivity index (χ4v) is 3.68. The molecule has 0 spiro atoms. The number of benzene rings is 2. The third kappa shape index (κ3) is 4.69. The number of para-hydroxylation sites is 2. The second-order valence-corrected chi connectivity index (χ2v) is 7.52. The van der Waals surface area contributed by atoms with E-state index in [2.05, 4.69) is 15.5 Å². The van der Waals surface area contributed by atoms with Gasteiger partial charge >= 0.3 is 0 Å². The Hall–Kier alpha value is -2.87. The lowest BCUT2D eigenvalue weighted by molar-refractivity contribution is -0.129. The summed E-state index contributed by atoms with van der Waals surface area (Å²) in [6.07, 6.45) is 0. The Morgan fingerprint density at radius 3 is 2.64 bits per heavy atom. The zero-order valence-electron chi connectivity index (χ0n) is 16.1. The van der Waals surface area contributed by atoms with Crippen molar-refractivity contribution in [1.29, 1.82) is 0 Å². The number of rotatable bonds is 8. The van der Waals surface area contributed by atoms with Crippen molar-refractivity contribution in [2.24, 2.45) is 0 Å². The lowest BCUT2D eigenvalue weighted by atomic mass is 10.2. The van der Waals surface area contributed by atoms with Crippen molar-refractivity contribution in [3.63, 3.8) is 0 Å². The minimum atomic E-state index is -0.335. The number of aromatic nitrogens is 4. The first-order valence-electron chi connectivity index (χ1n) is 9.06. The van der Waals surface area contributed by atoms with Crippen molar-refractivity contribution < 1.29 is 9.53 Å². The van der Waals surface area contributed by atoms with E-state index in [4.69, 9.17) is 4.74 Å². The molecule has 0 N–H and O–H groups in total. The molecular weight excluding hydrogens is 374 g/mol. The molecule has 0 aliphatic carbocycles. The second-order valence-electron chi connectivity index (χ2n) is 6.21. The highest BCUT2D eigenvalue weighted by atomic mass is 32.2. The predicted molar refractivity (Wildman–Crippen MR) is 109 cm³/mol. The summed E-state index contributed by atoms with van der Waals surface area (Å²) in [5.41, 5.74) is 1.83. The number of hydrogen-bond acceptors (Lipinski definition) is 6. The molecule has 0 aliphatic heterocycles. The summed E-state index contributed by atoms with van der Waals surface area (Å²) in [5.74, 6) is 0.709. The normalized spacial score (nSPS) is 11.8. The first-order valence-corrected chi connectivity index (χ1v) is 9.94. The summed E-state index contributed by atoms with van der Waals surface area (Å²) in [5, 5.41) is 12.2. The highest BCUT2D eigenvalue weighted by Gasteiger charge is 2.23. The first kappa shape index (κ1) is 19.9. The van der Waals surface area contributed by atoms with Crippen molar-refractivity contribution >= 4 is 17.7 Å². The Bertz CT molecular complexity index is 916. The molecule has 0 radical (unpaired) electrons. The number of carbonyl (C=O) groups is 1. The highest BCUT2D eigenvalue weighted by molar-refractivity contribution is 8.00. The van der Waals surface area contributed by atoms with Crippen molar-refractivity contribution in [3.05, 3.63) is 60.2 Å². The maximum Gasteiger partial charge on any atom is 0.235 e. The number of hydrogen-bond donors (Lipinski definition) is 0. The number of carbonyl (C=O) groups excluding carboxylic acids is 1. The zero-order chi connectivity index (χ0) is 19.9. The third-order valence-corrected chi connectivity index (χ3v) is 5.12. The molecule has 0 saturated heterocycles. The largest absolute Gasteiger partial charge is 0.492 e. The van der Waals surface area contributed by atoms with Gasteiger partial charge in [0.2, 0.25) is 11.1 Å². The van der Waals surface area contributed by atoms with Crippen LogP contribution in [-0.4, -0.2) is 49.9 Å². The molecule has 8 heteroatoms. The van der Waals surface area contributed by atoms with E-state index in [0.29, 0.717) is 24.1 Å². The number of thioether (sulfide) groups is 1. The van der Waals surface area contributed by atoms with Crippen LogP contribution in [0.4, 0.5) is 0 Å². The fraction of sp³-hybridized carbons (Fsp3) is 0.300. The second kappa shape index (κ2) is 9.36. The maximum absolute atomic E-state index is 12.8. The van der Waals surface area contributed by atoms with E-state index in [9.17, 15) is 4.79 Å². The molecule has 2 aromatic carbocycles. The van der Waals surface area contributed by atoms with Gasteiger partial charge in [0.05, 0.1) is 11.9 Å². The number of nitrogens with zero attached hydrogens (tertiary/aromatic N) is 5. The summed E-state index contributed by atoms with van der Waals surface area (Å²) in [4.78, 5) is 14.5. The minimum Gasteiger partial charge on any atom is -0.492 e. The van der Waals surface area contributed by atoms with Gasteiger partial charge in [0.15, 0.2) is 0 Å². The van der Waals surface area contributed by atoms with Gasteiger partial charge < -0.3 is 9.64 Å². The molecule has 28 heavy (non-hydrogen) atoms. The lowest BCUT2D eigenvalue weighted by Gasteiger charge is -2.21. The van der Waals surface area contributed by atoms with Gasteiger partial charge in [-0.05, 0) is 42.0 Å². The molecule has 3 rings (SSSR count). The van der Waals surface area contributed by atoms with Gasteiger partial charge in [-0.1, -0.05) is 54.2 Å². The van der Waals surface area contributed by atoms with Crippen molar-refractivity contribution in [2.75, 3.05) is 13.7 Å². The van der Waals surface area contributed by atoms with Gasteiger partial charge in [0, 0.05) is 13.6 Å². The molecule has 146 valence electrons. The molecule has 0 saturated carbocycles. The van der Waals surface area contributed by atoms with E-state index in [0.717, 1.165) is 11.3 Å². The van der Waals surface area contributed by atoms with Crippen LogP contribution < -0.4 is 4.74 Å². The molecule has 1 aromatic heterocycles. The molecular formula is C20H23N5O2S. The van der Waals surface area contributed by atoms with Crippen molar-refractivity contribution in [1.82, 2.24) is 25.1 Å². The Kier molecular flexibility index (Phi) is 6.65. The summed E-state index contributed by atoms with van der Waals surface area (Å²) in [6.45, 7) is 4.89. The fourth-order valence-electron chi connectivity index (χ4n) is 2.77. The molecule has 7 nitrogen and oxygen atoms in total. The van der Waals surface area contributed by atoms with E-state index >= 15 is 0 Å². The van der Waals surface area contributed by atoms with E-state index in [-0.39, 0.29) is 11.2 Å². The van der Waals surface area contributed by atoms with Gasteiger partial charge in [-0.3, -0.25) is 4.79 Å². The van der Waals surface area contributed by atoms with Gasteiger partial charge in [0.1, 0.15) is 11.4 Å². The van der Waals surface area contributed by atoms with Crippen LogP contribution in [0.15, 0.2) is 59.8 Å². The number of ether oxygens (including phenoxy) is 1. The summed E-state index contributed by atoms with van der Waals surface area (Å²) < 4.78 is 7.28. The van der Waals surface area contributed by atoms with Gasteiger partial charge in [-0.2, -0.15) is 4.68 Å². The average Bonchev–Trinajstić information content (AvgIpc) is 3.16. The monoisotopic (exact) mass is 397 g/mol. The van der Waals surface area contributed by atoms with Gasteiger partial charge in [-0.25, -0.2) is 0 Å². The van der Waals surface area contributed by atoms with E-state index in [1.54, 1.807) is 16.6 Å². The van der Waals surface area contributed by atoms with Crippen molar-refractivity contribution in [2.45, 2.75) is 30.8 Å². The van der Waals surface area contributed by atoms with Crippen molar-refractivity contribution in [3.8, 4) is 11.4 Å². The van der Waals surface area contributed by atoms with Crippen LogP contribution in [0.2, 0.25) is 0 Å². The van der Waals surface area contributed by atoms with Crippen LogP contribution in [0.1, 0.15) is 19.4 Å². The third-order valence-electron chi connectivity index (χ3n) is 4.10. The SMILES string of the molecule is CCOc1ccccc1-n1nnnc1SC(C)C(=O)N(C)Cc1ccccc1. The topological polar surface area (TPSA) is 73.1 Å². The zero-order valence-corrected chi connectivity index (χ0v) is 17.0. The van der Waals surface area contributed by atoms with Crippen LogP contribution in [0.5, 0.6) is 5.75 Å². The summed E-state index contributed by atoms with van der Waals surface area (Å²) in [6, 6.07) is 17.5. The highest BCUT2D eigenvalue weighted by Crippen LogP contribution is 2.28. The van der Waals surface area contributed by atoms with Crippen LogP contribution in [0, 0.1) is 0 Å². The molecule has 0 aliphatic rings. The number of tetrazole rings is 1. The minimum absolute atomic E-state index is 0.0153. The Balaban J connectivity index is 1.72. The van der Waals surface area contributed by atoms with Crippen LogP contribution >= 0.6 is 11.8 Å². The Morgan fingerprint density at radius 2 is 1.89 bits per heavy atom. The van der Waals surface area contributed by atoms with Crippen LogP contribution in [-0.2, 0) is 11.3 Å². The predicted octanol–water partition coefficient (Wildman–Crippen LogP) is 3.20. The average molecular weight is 398 g/mol. The molecule has 0 bridgehead atoms. The van der Waals surface area contributed by atoms with Crippen LogP contribution in [0.25, 0.3) is 5.69 Å². The smallest absolute Gasteiger partial charge is 0.235 e. The van der Waals surface area contributed by atoms with Gasteiger partial charge in [-0.15, -0.1) is 5.10 Å². The van der Waals surface area contributed by atoms with Gasteiger partial charge in [0.25, 0.3) is 0 Å². The maximum atomic E-state index is 12.8.